The lowest BCUT2D eigenvalue weighted by Crippen LogP contribution is -2.36. The Bertz CT molecular complexity index is 467. The number of rotatable bonds is 3. The first-order valence-electron chi connectivity index (χ1n) is 6.12. The molecule has 0 aliphatic carbocycles. The van der Waals surface area contributed by atoms with Gasteiger partial charge in [-0.15, -0.1) is 0 Å². The first kappa shape index (κ1) is 14.0. The molecule has 1 heterocycles. The summed E-state index contributed by atoms with van der Waals surface area (Å²) in [5, 5.41) is 12.4. The molecule has 1 aliphatic rings. The lowest BCUT2D eigenvalue weighted by molar-refractivity contribution is 0.167. The van der Waals surface area contributed by atoms with Crippen LogP contribution in [0.3, 0.4) is 0 Å². The van der Waals surface area contributed by atoms with E-state index in [1.54, 1.807) is 0 Å². The quantitative estimate of drug-likeness (QED) is 0.888. The van der Waals surface area contributed by atoms with Crippen molar-refractivity contribution in [1.82, 2.24) is 5.32 Å². The monoisotopic (exact) mass is 284 g/mol. The highest BCUT2D eigenvalue weighted by Gasteiger charge is 2.24. The van der Waals surface area contributed by atoms with Gasteiger partial charge in [0.05, 0.1) is 19.8 Å². The molecule has 0 spiro atoms. The third kappa shape index (κ3) is 3.30. The maximum Gasteiger partial charge on any atom is 0.407 e. The van der Waals surface area contributed by atoms with Crippen molar-refractivity contribution in [3.63, 3.8) is 0 Å². The molecular weight excluding hydrogens is 268 g/mol. The molecule has 1 unspecified atom stereocenters. The molecule has 0 radical (unpaired) electrons. The second kappa shape index (κ2) is 6.12. The van der Waals surface area contributed by atoms with Crippen LogP contribution in [0.4, 0.5) is 10.5 Å². The molecule has 5 nitrogen and oxygen atoms in total. The second-order valence-electron chi connectivity index (χ2n) is 4.50. The average molecular weight is 285 g/mol. The lowest BCUT2D eigenvalue weighted by atomic mass is 10.2. The first-order chi connectivity index (χ1) is 9.13. The molecule has 2 rings (SSSR count). The van der Waals surface area contributed by atoms with Gasteiger partial charge in [0.2, 0.25) is 0 Å². The average Bonchev–Trinajstić information content (AvgIpc) is 2.87. The largest absolute Gasteiger partial charge is 0.453 e. The van der Waals surface area contributed by atoms with Gasteiger partial charge in [-0.3, -0.25) is 0 Å². The Morgan fingerprint density at radius 3 is 3.05 bits per heavy atom. The molecule has 1 saturated heterocycles. The highest BCUT2D eigenvalue weighted by molar-refractivity contribution is 6.31. The van der Waals surface area contributed by atoms with E-state index >= 15 is 0 Å². The van der Waals surface area contributed by atoms with Crippen molar-refractivity contribution in [3.05, 3.63) is 28.8 Å². The van der Waals surface area contributed by atoms with Crippen molar-refractivity contribution >= 4 is 23.4 Å². The summed E-state index contributed by atoms with van der Waals surface area (Å²) in [6.45, 7) is 1.51. The fourth-order valence-electron chi connectivity index (χ4n) is 2.20. The number of anilines is 1. The number of nitrogens with one attached hydrogen (secondary N) is 1. The van der Waals surface area contributed by atoms with E-state index in [2.05, 4.69) is 15.0 Å². The van der Waals surface area contributed by atoms with E-state index in [0.717, 1.165) is 25.2 Å². The number of aliphatic hydroxyl groups excluding tert-OH is 1. The van der Waals surface area contributed by atoms with Crippen molar-refractivity contribution in [2.45, 2.75) is 19.1 Å². The van der Waals surface area contributed by atoms with Crippen molar-refractivity contribution in [3.8, 4) is 0 Å². The SMILES string of the molecule is COC(=O)NC1CCN(c2ccc(CO)c(Cl)c2)C1. The van der Waals surface area contributed by atoms with Crippen LogP contribution in [0.25, 0.3) is 0 Å². The highest BCUT2D eigenvalue weighted by Crippen LogP contribution is 2.26. The molecule has 1 aliphatic heterocycles. The Morgan fingerprint density at radius 2 is 2.42 bits per heavy atom. The molecule has 0 aromatic heterocycles. The molecule has 104 valence electrons. The molecule has 0 saturated carbocycles. The highest BCUT2D eigenvalue weighted by atomic mass is 35.5. The van der Waals surface area contributed by atoms with Crippen LogP contribution in [-0.2, 0) is 11.3 Å². The Kier molecular flexibility index (Phi) is 4.50. The first-order valence-corrected chi connectivity index (χ1v) is 6.50. The van der Waals surface area contributed by atoms with Gasteiger partial charge in [0.25, 0.3) is 0 Å². The Labute approximate surface area is 117 Å². The third-order valence-electron chi connectivity index (χ3n) is 3.27. The van der Waals surface area contributed by atoms with Crippen LogP contribution in [0.15, 0.2) is 18.2 Å². The standard InChI is InChI=1S/C13H17ClN2O3/c1-19-13(18)15-10-4-5-16(7-10)11-3-2-9(8-17)12(14)6-11/h2-3,6,10,17H,4-5,7-8H2,1H3,(H,15,18). The second-order valence-corrected chi connectivity index (χ2v) is 4.91. The van der Waals surface area contributed by atoms with Gasteiger partial charge in [-0.25, -0.2) is 4.79 Å². The number of amides is 1. The molecule has 1 aromatic carbocycles. The van der Waals surface area contributed by atoms with E-state index in [1.165, 1.54) is 7.11 Å². The van der Waals surface area contributed by atoms with Gasteiger partial charge in [0.1, 0.15) is 0 Å². The van der Waals surface area contributed by atoms with Crippen LogP contribution in [0, 0.1) is 0 Å². The predicted octanol–water partition coefficient (Wildman–Crippen LogP) is 1.77. The summed E-state index contributed by atoms with van der Waals surface area (Å²) < 4.78 is 4.59. The summed E-state index contributed by atoms with van der Waals surface area (Å²) in [5.74, 6) is 0. The number of benzene rings is 1. The number of aliphatic hydroxyl groups is 1. The summed E-state index contributed by atoms with van der Waals surface area (Å²) in [7, 11) is 1.36. The topological polar surface area (TPSA) is 61.8 Å². The summed E-state index contributed by atoms with van der Waals surface area (Å²) in [6.07, 6.45) is 0.467. The number of halogens is 1. The Hall–Kier alpha value is -1.46. The molecule has 19 heavy (non-hydrogen) atoms. The van der Waals surface area contributed by atoms with Gasteiger partial charge in [-0.2, -0.15) is 0 Å². The summed E-state index contributed by atoms with van der Waals surface area (Å²) in [5.41, 5.74) is 1.71. The number of carbonyl (C=O) groups excluding carboxylic acids is 1. The number of nitrogens with zero attached hydrogens (tertiary/aromatic N) is 1. The smallest absolute Gasteiger partial charge is 0.407 e. The van der Waals surface area contributed by atoms with Gasteiger partial charge in [0, 0.05) is 23.8 Å². The van der Waals surface area contributed by atoms with Crippen LogP contribution in [0.5, 0.6) is 0 Å². The number of carbonyl (C=O) groups is 1. The van der Waals surface area contributed by atoms with Gasteiger partial charge >= 0.3 is 6.09 Å². The summed E-state index contributed by atoms with van der Waals surface area (Å²) in [4.78, 5) is 13.3. The molecule has 2 N–H and O–H groups in total. The van der Waals surface area contributed by atoms with Gasteiger partial charge in [-0.05, 0) is 24.1 Å². The van der Waals surface area contributed by atoms with Gasteiger partial charge < -0.3 is 20.1 Å². The van der Waals surface area contributed by atoms with Gasteiger partial charge in [0.15, 0.2) is 0 Å². The van der Waals surface area contributed by atoms with Crippen molar-refractivity contribution < 1.29 is 14.6 Å². The van der Waals surface area contributed by atoms with E-state index in [0.29, 0.717) is 10.6 Å². The van der Waals surface area contributed by atoms with Crippen LogP contribution >= 0.6 is 11.6 Å². The maximum absolute atomic E-state index is 11.1. The van der Waals surface area contributed by atoms with Crippen molar-refractivity contribution in [2.75, 3.05) is 25.1 Å². The zero-order chi connectivity index (χ0) is 13.8. The van der Waals surface area contributed by atoms with E-state index in [4.69, 9.17) is 16.7 Å². The number of hydrogen-bond acceptors (Lipinski definition) is 4. The number of alkyl carbamates (subject to hydrolysis) is 1. The molecule has 1 fully saturated rings. The molecule has 1 amide bonds. The molecule has 1 aromatic rings. The molecule has 6 heteroatoms. The van der Waals surface area contributed by atoms with Crippen LogP contribution in [0.1, 0.15) is 12.0 Å². The van der Waals surface area contributed by atoms with Crippen molar-refractivity contribution in [1.29, 1.82) is 0 Å². The van der Waals surface area contributed by atoms with E-state index in [-0.39, 0.29) is 12.6 Å². The fraction of sp³-hybridized carbons (Fsp3) is 0.462. The Balaban J connectivity index is 2.00. The zero-order valence-electron chi connectivity index (χ0n) is 10.7. The predicted molar refractivity (Wildman–Crippen MR) is 73.5 cm³/mol. The maximum atomic E-state index is 11.1. The van der Waals surface area contributed by atoms with E-state index in [1.807, 2.05) is 18.2 Å². The van der Waals surface area contributed by atoms with E-state index < -0.39 is 6.09 Å². The normalized spacial score (nSPS) is 18.5. The zero-order valence-corrected chi connectivity index (χ0v) is 11.5. The molecule has 1 atom stereocenters. The third-order valence-corrected chi connectivity index (χ3v) is 3.62. The summed E-state index contributed by atoms with van der Waals surface area (Å²) >= 11 is 6.07. The van der Waals surface area contributed by atoms with Gasteiger partial charge in [-0.1, -0.05) is 17.7 Å². The lowest BCUT2D eigenvalue weighted by Gasteiger charge is -2.19. The number of methoxy groups -OCH3 is 1. The number of ether oxygens (including phenoxy) is 1. The molecular formula is C13H17ClN2O3. The minimum absolute atomic E-state index is 0.0639. The minimum Gasteiger partial charge on any atom is -0.453 e. The Morgan fingerprint density at radius 1 is 1.63 bits per heavy atom. The van der Waals surface area contributed by atoms with Crippen LogP contribution < -0.4 is 10.2 Å². The van der Waals surface area contributed by atoms with Crippen LogP contribution in [0.2, 0.25) is 5.02 Å². The summed E-state index contributed by atoms with van der Waals surface area (Å²) in [6, 6.07) is 5.67. The van der Waals surface area contributed by atoms with Crippen LogP contribution in [-0.4, -0.2) is 37.4 Å². The minimum atomic E-state index is -0.402. The number of hydrogen-bond donors (Lipinski definition) is 2. The molecule has 0 bridgehead atoms. The van der Waals surface area contributed by atoms with E-state index in [9.17, 15) is 4.79 Å². The fourth-order valence-corrected chi connectivity index (χ4v) is 2.43. The van der Waals surface area contributed by atoms with Crippen molar-refractivity contribution in [2.24, 2.45) is 0 Å².